The average molecular weight is 219 g/mol. The van der Waals surface area contributed by atoms with Crippen LogP contribution in [0.1, 0.15) is 0 Å². The van der Waals surface area contributed by atoms with Crippen molar-refractivity contribution in [2.75, 3.05) is 5.73 Å². The lowest BCUT2D eigenvalue weighted by molar-refractivity contribution is 1.47. The summed E-state index contributed by atoms with van der Waals surface area (Å²) in [4.78, 5) is 3.06. The summed E-state index contributed by atoms with van der Waals surface area (Å²) in [5.41, 5.74) is 7.44. The van der Waals surface area contributed by atoms with Crippen LogP contribution in [0.2, 0.25) is 0 Å². The van der Waals surface area contributed by atoms with Crippen molar-refractivity contribution in [2.24, 2.45) is 0 Å². The Kier molecular flexibility index (Phi) is 2.72. The van der Waals surface area contributed by atoms with Crippen LogP contribution < -0.4 is 5.73 Å². The van der Waals surface area contributed by atoms with Gasteiger partial charge in [0.15, 0.2) is 3.95 Å². The van der Waals surface area contributed by atoms with Crippen LogP contribution in [0.3, 0.4) is 0 Å². The molecule has 0 aliphatic rings. The second-order valence-corrected chi connectivity index (χ2v) is 3.99. The molecule has 0 aliphatic carbocycles. The summed E-state index contributed by atoms with van der Waals surface area (Å²) >= 11 is 6.52. The van der Waals surface area contributed by atoms with Crippen molar-refractivity contribution in [1.29, 1.82) is 0 Å². The molecule has 0 unspecified atom stereocenters. The van der Waals surface area contributed by atoms with Gasteiger partial charge >= 0.3 is 0 Å². The minimum Gasteiger partial charge on any atom is -0.399 e. The highest BCUT2D eigenvalue weighted by Crippen LogP contribution is 2.21. The number of benzene rings is 1. The van der Waals surface area contributed by atoms with Gasteiger partial charge in [-0.15, -0.1) is 23.7 Å². The third-order valence-corrected chi connectivity index (χ3v) is 2.64. The number of fused-ring (bicyclic) bond motifs is 1. The van der Waals surface area contributed by atoms with Gasteiger partial charge in [-0.05, 0) is 30.4 Å². The van der Waals surface area contributed by atoms with E-state index in [1.807, 2.05) is 18.2 Å². The van der Waals surface area contributed by atoms with Crippen molar-refractivity contribution in [3.8, 4) is 0 Å². The molecular weight excluding hydrogens is 212 g/mol. The number of aromatic amines is 1. The molecule has 0 aliphatic heterocycles. The lowest BCUT2D eigenvalue weighted by Gasteiger charge is -1.89. The molecule has 0 spiro atoms. The molecule has 2 rings (SSSR count). The number of nitrogen functional groups attached to an aromatic ring is 1. The van der Waals surface area contributed by atoms with Gasteiger partial charge in [-0.25, -0.2) is 0 Å². The maximum absolute atomic E-state index is 5.59. The number of anilines is 1. The number of hydrogen-bond acceptors (Lipinski definition) is 3. The summed E-state index contributed by atoms with van der Waals surface area (Å²) < 4.78 is 1.92. The van der Waals surface area contributed by atoms with Crippen molar-refractivity contribution in [2.45, 2.75) is 0 Å². The standard InChI is InChI=1S/C7H6N2S2.ClH/c8-4-1-2-5-6(3-4)11-7(10)9-5;/h1-3H,8H2,(H,9,10);1H. The molecule has 0 bridgehead atoms. The average Bonchev–Trinajstić information content (AvgIpc) is 2.27. The van der Waals surface area contributed by atoms with Crippen LogP contribution in [0.4, 0.5) is 5.69 Å². The van der Waals surface area contributed by atoms with Crippen molar-refractivity contribution in [3.05, 3.63) is 22.2 Å². The first kappa shape index (κ1) is 9.51. The Morgan fingerprint density at radius 3 is 2.92 bits per heavy atom. The van der Waals surface area contributed by atoms with Crippen molar-refractivity contribution >= 4 is 51.9 Å². The van der Waals surface area contributed by atoms with Crippen molar-refractivity contribution in [1.82, 2.24) is 4.98 Å². The van der Waals surface area contributed by atoms with Crippen LogP contribution in [0.15, 0.2) is 18.2 Å². The SMILES string of the molecule is Cl.Nc1ccc2[nH]c(=S)sc2c1. The van der Waals surface area contributed by atoms with Gasteiger partial charge in [0.05, 0.1) is 10.2 Å². The van der Waals surface area contributed by atoms with Crippen molar-refractivity contribution in [3.63, 3.8) is 0 Å². The first-order chi connectivity index (χ1) is 5.25. The molecule has 1 aromatic heterocycles. The van der Waals surface area contributed by atoms with E-state index in [0.717, 1.165) is 19.9 Å². The summed E-state index contributed by atoms with van der Waals surface area (Å²) in [5, 5.41) is 0. The summed E-state index contributed by atoms with van der Waals surface area (Å²) in [6.07, 6.45) is 0. The lowest BCUT2D eigenvalue weighted by Crippen LogP contribution is -1.81. The molecule has 0 amide bonds. The Balaban J connectivity index is 0.000000720. The van der Waals surface area contributed by atoms with E-state index < -0.39 is 0 Å². The molecule has 2 nitrogen and oxygen atoms in total. The van der Waals surface area contributed by atoms with Crippen LogP contribution in [0.25, 0.3) is 10.2 Å². The molecule has 0 radical (unpaired) electrons. The van der Waals surface area contributed by atoms with Gasteiger partial charge in [-0.2, -0.15) is 0 Å². The van der Waals surface area contributed by atoms with Crippen LogP contribution in [0, 0.1) is 3.95 Å². The van der Waals surface area contributed by atoms with Crippen LogP contribution in [-0.2, 0) is 0 Å². The number of aromatic nitrogens is 1. The van der Waals surface area contributed by atoms with Gasteiger partial charge < -0.3 is 10.7 Å². The molecule has 0 atom stereocenters. The zero-order valence-electron chi connectivity index (χ0n) is 6.03. The molecule has 64 valence electrons. The van der Waals surface area contributed by atoms with E-state index in [0.29, 0.717) is 0 Å². The van der Waals surface area contributed by atoms with Gasteiger partial charge in [-0.3, -0.25) is 0 Å². The zero-order valence-corrected chi connectivity index (χ0v) is 8.48. The molecular formula is C7H7ClN2S2. The maximum atomic E-state index is 5.59. The monoisotopic (exact) mass is 218 g/mol. The van der Waals surface area contributed by atoms with E-state index in [1.165, 1.54) is 0 Å². The number of halogens is 1. The molecule has 0 saturated heterocycles. The molecule has 12 heavy (non-hydrogen) atoms. The van der Waals surface area contributed by atoms with Crippen LogP contribution >= 0.6 is 36.0 Å². The predicted molar refractivity (Wildman–Crippen MR) is 58.7 cm³/mol. The predicted octanol–water partition coefficient (Wildman–Crippen LogP) is 2.96. The van der Waals surface area contributed by atoms with E-state index in [-0.39, 0.29) is 12.4 Å². The van der Waals surface area contributed by atoms with E-state index >= 15 is 0 Å². The van der Waals surface area contributed by atoms with Crippen LogP contribution in [-0.4, -0.2) is 4.98 Å². The van der Waals surface area contributed by atoms with Gasteiger partial charge in [0, 0.05) is 5.69 Å². The summed E-state index contributed by atoms with van der Waals surface area (Å²) in [5.74, 6) is 0. The molecule has 0 fully saturated rings. The minimum absolute atomic E-state index is 0. The molecule has 5 heteroatoms. The fourth-order valence-corrected chi connectivity index (χ4v) is 2.13. The highest BCUT2D eigenvalue weighted by atomic mass is 35.5. The van der Waals surface area contributed by atoms with Gasteiger partial charge in [0.2, 0.25) is 0 Å². The Bertz CT molecular complexity index is 446. The highest BCUT2D eigenvalue weighted by Gasteiger charge is 1.95. The third kappa shape index (κ3) is 1.60. The first-order valence-electron chi connectivity index (χ1n) is 3.14. The smallest absolute Gasteiger partial charge is 0.159 e. The third-order valence-electron chi connectivity index (χ3n) is 1.45. The Hall–Kier alpha value is -0.580. The Labute approximate surface area is 84.8 Å². The summed E-state index contributed by atoms with van der Waals surface area (Å²) in [6, 6.07) is 5.73. The number of rotatable bonds is 0. The fourth-order valence-electron chi connectivity index (χ4n) is 0.962. The van der Waals surface area contributed by atoms with E-state index in [4.69, 9.17) is 18.0 Å². The van der Waals surface area contributed by atoms with Gasteiger partial charge in [-0.1, -0.05) is 0 Å². The van der Waals surface area contributed by atoms with Crippen LogP contribution in [0.5, 0.6) is 0 Å². The maximum Gasteiger partial charge on any atom is 0.159 e. The van der Waals surface area contributed by atoms with Gasteiger partial charge in [0.25, 0.3) is 0 Å². The molecule has 1 aromatic carbocycles. The normalized spacial score (nSPS) is 9.67. The molecule has 2 aromatic rings. The van der Waals surface area contributed by atoms with Crippen molar-refractivity contribution < 1.29 is 0 Å². The fraction of sp³-hybridized carbons (Fsp3) is 0. The number of H-pyrrole nitrogens is 1. The Morgan fingerprint density at radius 1 is 1.42 bits per heavy atom. The second-order valence-electron chi connectivity index (χ2n) is 2.27. The number of nitrogens with one attached hydrogen (secondary N) is 1. The highest BCUT2D eigenvalue weighted by molar-refractivity contribution is 7.73. The second kappa shape index (κ2) is 3.43. The Morgan fingerprint density at radius 2 is 2.17 bits per heavy atom. The van der Waals surface area contributed by atoms with E-state index in [9.17, 15) is 0 Å². The minimum atomic E-state index is 0. The van der Waals surface area contributed by atoms with E-state index in [1.54, 1.807) is 11.3 Å². The molecule has 3 N–H and O–H groups in total. The zero-order chi connectivity index (χ0) is 7.84. The number of nitrogens with two attached hydrogens (primary N) is 1. The summed E-state index contributed by atoms with van der Waals surface area (Å²) in [7, 11) is 0. The lowest BCUT2D eigenvalue weighted by atomic mass is 10.3. The molecule has 0 saturated carbocycles. The number of thiazole rings is 1. The van der Waals surface area contributed by atoms with E-state index in [2.05, 4.69) is 4.98 Å². The van der Waals surface area contributed by atoms with Gasteiger partial charge in [0.1, 0.15) is 0 Å². The summed E-state index contributed by atoms with van der Waals surface area (Å²) in [6.45, 7) is 0. The quantitative estimate of drug-likeness (QED) is 0.527. The largest absolute Gasteiger partial charge is 0.399 e. The first-order valence-corrected chi connectivity index (χ1v) is 4.36. The molecule has 1 heterocycles. The number of hydrogen-bond donors (Lipinski definition) is 2. The topological polar surface area (TPSA) is 41.8 Å².